The van der Waals surface area contributed by atoms with Crippen LogP contribution >= 0.6 is 0 Å². The highest BCUT2D eigenvalue weighted by atomic mass is 32.2. The molecule has 0 aliphatic heterocycles. The number of nitrogens with zero attached hydrogens (tertiary/aromatic N) is 2. The largest absolute Gasteiger partial charge is 0.352 e. The molecule has 8 heteroatoms. The fraction of sp³-hybridized carbons (Fsp3) is 0.375. The van der Waals surface area contributed by atoms with Crippen molar-refractivity contribution in [1.82, 2.24) is 10.2 Å². The zero-order chi connectivity index (χ0) is 29.4. The minimum absolute atomic E-state index is 0.0553. The van der Waals surface area contributed by atoms with E-state index in [0.29, 0.717) is 5.69 Å². The molecule has 0 aliphatic carbocycles. The van der Waals surface area contributed by atoms with Gasteiger partial charge in [-0.05, 0) is 68.5 Å². The zero-order valence-corrected chi connectivity index (χ0v) is 25.1. The van der Waals surface area contributed by atoms with Gasteiger partial charge in [0, 0.05) is 12.6 Å². The van der Waals surface area contributed by atoms with E-state index >= 15 is 0 Å². The van der Waals surface area contributed by atoms with Crippen LogP contribution in [0, 0.1) is 6.92 Å². The van der Waals surface area contributed by atoms with Gasteiger partial charge in [0.05, 0.1) is 10.6 Å². The molecule has 0 bridgehead atoms. The maximum absolute atomic E-state index is 14.0. The molecule has 2 amide bonds. The second kappa shape index (κ2) is 13.6. The van der Waals surface area contributed by atoms with Gasteiger partial charge in [0.2, 0.25) is 11.8 Å². The molecule has 3 rings (SSSR count). The molecule has 0 aromatic heterocycles. The lowest BCUT2D eigenvalue weighted by atomic mass is 10.0. The molecule has 0 saturated heterocycles. The quantitative estimate of drug-likeness (QED) is 0.309. The van der Waals surface area contributed by atoms with Crippen molar-refractivity contribution < 1.29 is 18.0 Å². The molecule has 0 unspecified atom stereocenters. The molecule has 3 aromatic rings. The molecule has 1 N–H and O–H groups in total. The van der Waals surface area contributed by atoms with Crippen molar-refractivity contribution in [2.75, 3.05) is 10.8 Å². The first kappa shape index (κ1) is 30.9. The minimum atomic E-state index is -4.08. The Kier molecular flexibility index (Phi) is 10.5. The second-order valence-corrected chi connectivity index (χ2v) is 12.4. The van der Waals surface area contributed by atoms with Gasteiger partial charge in [0.25, 0.3) is 10.0 Å². The molecular formula is C32H41N3O4S. The van der Waals surface area contributed by atoms with Crippen LogP contribution in [0.4, 0.5) is 5.69 Å². The Morgan fingerprint density at radius 2 is 1.52 bits per heavy atom. The molecular weight excluding hydrogens is 522 g/mol. The van der Waals surface area contributed by atoms with E-state index in [1.165, 1.54) is 17.0 Å². The van der Waals surface area contributed by atoms with Gasteiger partial charge in [0.1, 0.15) is 12.6 Å². The summed E-state index contributed by atoms with van der Waals surface area (Å²) in [7, 11) is -4.08. The maximum atomic E-state index is 14.0. The average molecular weight is 564 g/mol. The Balaban J connectivity index is 2.03. The van der Waals surface area contributed by atoms with E-state index in [1.54, 1.807) is 37.3 Å². The van der Waals surface area contributed by atoms with E-state index in [0.717, 1.165) is 27.4 Å². The molecule has 40 heavy (non-hydrogen) atoms. The van der Waals surface area contributed by atoms with E-state index in [-0.39, 0.29) is 29.3 Å². The molecule has 0 radical (unpaired) electrons. The monoisotopic (exact) mass is 563 g/mol. The fourth-order valence-electron chi connectivity index (χ4n) is 4.33. The van der Waals surface area contributed by atoms with Crippen LogP contribution in [0.1, 0.15) is 63.6 Å². The van der Waals surface area contributed by atoms with Gasteiger partial charge in [-0.1, -0.05) is 80.9 Å². The molecule has 0 saturated carbocycles. The number of sulfonamides is 1. The number of rotatable bonds is 12. The summed E-state index contributed by atoms with van der Waals surface area (Å²) in [5.74, 6) is -0.487. The standard InChI is InChI=1S/C32H41N3O4S/c1-7-25(5)33-32(37)26(6)34(21-27-13-11-12-24(4)20-27)31(36)22-35(29-18-16-28(17-19-29)23(2)3)40(38,39)30-14-9-8-10-15-30/h8-20,23,25-26H,7,21-22H2,1-6H3,(H,33,37)/t25-,26-/m0/s1. The predicted octanol–water partition coefficient (Wildman–Crippen LogP) is 5.65. The van der Waals surface area contributed by atoms with Gasteiger partial charge in [0.15, 0.2) is 0 Å². The van der Waals surface area contributed by atoms with Crippen molar-refractivity contribution in [1.29, 1.82) is 0 Å². The Labute approximate surface area is 239 Å². The molecule has 0 fully saturated rings. The normalized spacial score (nSPS) is 13.0. The van der Waals surface area contributed by atoms with E-state index < -0.39 is 28.5 Å². The van der Waals surface area contributed by atoms with Crippen LogP contribution in [0.15, 0.2) is 83.8 Å². The highest BCUT2D eigenvalue weighted by molar-refractivity contribution is 7.92. The molecule has 0 spiro atoms. The lowest BCUT2D eigenvalue weighted by Crippen LogP contribution is -2.52. The zero-order valence-electron chi connectivity index (χ0n) is 24.3. The number of anilines is 1. The first-order valence-corrected chi connectivity index (χ1v) is 15.2. The minimum Gasteiger partial charge on any atom is -0.352 e. The van der Waals surface area contributed by atoms with Crippen molar-refractivity contribution in [3.63, 3.8) is 0 Å². The molecule has 0 heterocycles. The summed E-state index contributed by atoms with van der Waals surface area (Å²) < 4.78 is 28.9. The van der Waals surface area contributed by atoms with Crippen LogP contribution < -0.4 is 9.62 Å². The highest BCUT2D eigenvalue weighted by Crippen LogP contribution is 2.26. The summed E-state index contributed by atoms with van der Waals surface area (Å²) in [5, 5.41) is 2.96. The summed E-state index contributed by atoms with van der Waals surface area (Å²) in [5.41, 5.74) is 3.33. The van der Waals surface area contributed by atoms with Gasteiger partial charge < -0.3 is 10.2 Å². The Morgan fingerprint density at radius 1 is 0.875 bits per heavy atom. The highest BCUT2D eigenvalue weighted by Gasteiger charge is 2.32. The van der Waals surface area contributed by atoms with Crippen molar-refractivity contribution >= 4 is 27.5 Å². The lowest BCUT2D eigenvalue weighted by molar-refractivity contribution is -0.139. The third-order valence-electron chi connectivity index (χ3n) is 7.06. The number of amides is 2. The summed E-state index contributed by atoms with van der Waals surface area (Å²) in [6.45, 7) is 11.4. The van der Waals surface area contributed by atoms with Crippen LogP contribution in [-0.4, -0.2) is 43.8 Å². The number of hydrogen-bond donors (Lipinski definition) is 1. The molecule has 7 nitrogen and oxygen atoms in total. The molecule has 2 atom stereocenters. The Morgan fingerprint density at radius 3 is 2.10 bits per heavy atom. The van der Waals surface area contributed by atoms with Crippen molar-refractivity contribution in [3.8, 4) is 0 Å². The topological polar surface area (TPSA) is 86.8 Å². The van der Waals surface area contributed by atoms with Crippen LogP contribution in [0.25, 0.3) is 0 Å². The second-order valence-electron chi connectivity index (χ2n) is 10.6. The number of aryl methyl sites for hydroxylation is 1. The third kappa shape index (κ3) is 7.72. The van der Waals surface area contributed by atoms with Crippen LogP contribution in [0.5, 0.6) is 0 Å². The molecule has 3 aromatic carbocycles. The van der Waals surface area contributed by atoms with Gasteiger partial charge in [-0.2, -0.15) is 0 Å². The van der Waals surface area contributed by atoms with Crippen LogP contribution in [-0.2, 0) is 26.2 Å². The van der Waals surface area contributed by atoms with Crippen molar-refractivity contribution in [2.24, 2.45) is 0 Å². The van der Waals surface area contributed by atoms with E-state index in [2.05, 4.69) is 19.2 Å². The third-order valence-corrected chi connectivity index (χ3v) is 8.85. The van der Waals surface area contributed by atoms with E-state index in [1.807, 2.05) is 57.2 Å². The van der Waals surface area contributed by atoms with Gasteiger partial charge in [-0.25, -0.2) is 8.42 Å². The smallest absolute Gasteiger partial charge is 0.264 e. The van der Waals surface area contributed by atoms with Crippen LogP contribution in [0.3, 0.4) is 0 Å². The first-order chi connectivity index (χ1) is 18.9. The van der Waals surface area contributed by atoms with Gasteiger partial charge >= 0.3 is 0 Å². The predicted molar refractivity (Wildman–Crippen MR) is 161 cm³/mol. The SMILES string of the molecule is CC[C@H](C)NC(=O)[C@H](C)N(Cc1cccc(C)c1)C(=O)CN(c1ccc(C(C)C)cc1)S(=O)(=O)c1ccccc1. The summed E-state index contributed by atoms with van der Waals surface area (Å²) in [6, 6.07) is 22.2. The van der Waals surface area contributed by atoms with Crippen LogP contribution in [0.2, 0.25) is 0 Å². The average Bonchev–Trinajstić information content (AvgIpc) is 2.94. The van der Waals surface area contributed by atoms with Gasteiger partial charge in [-0.15, -0.1) is 0 Å². The van der Waals surface area contributed by atoms with E-state index in [9.17, 15) is 18.0 Å². The fourth-order valence-corrected chi connectivity index (χ4v) is 5.76. The number of hydrogen-bond acceptors (Lipinski definition) is 4. The molecule has 214 valence electrons. The first-order valence-electron chi connectivity index (χ1n) is 13.8. The lowest BCUT2D eigenvalue weighted by Gasteiger charge is -2.32. The van der Waals surface area contributed by atoms with E-state index in [4.69, 9.17) is 0 Å². The number of carbonyl (C=O) groups is 2. The number of nitrogens with one attached hydrogen (secondary N) is 1. The Bertz CT molecular complexity index is 1390. The molecule has 0 aliphatic rings. The summed E-state index contributed by atoms with van der Waals surface area (Å²) >= 11 is 0. The summed E-state index contributed by atoms with van der Waals surface area (Å²) in [6.07, 6.45) is 0.750. The van der Waals surface area contributed by atoms with Crippen molar-refractivity contribution in [3.05, 3.63) is 95.6 Å². The van der Waals surface area contributed by atoms with Crippen molar-refractivity contribution in [2.45, 2.75) is 77.4 Å². The van der Waals surface area contributed by atoms with Gasteiger partial charge in [-0.3, -0.25) is 13.9 Å². The number of carbonyl (C=O) groups excluding carboxylic acids is 2. The maximum Gasteiger partial charge on any atom is 0.264 e. The summed E-state index contributed by atoms with van der Waals surface area (Å²) in [4.78, 5) is 28.7. The Hall–Kier alpha value is -3.65. The number of benzene rings is 3.